The molecule has 0 radical (unpaired) electrons. The molecule has 0 spiro atoms. The van der Waals surface area contributed by atoms with Gasteiger partial charge in [0.05, 0.1) is 18.1 Å². The van der Waals surface area contributed by atoms with E-state index in [0.29, 0.717) is 22.9 Å². The summed E-state index contributed by atoms with van der Waals surface area (Å²) in [5.41, 5.74) is 0.660. The minimum absolute atomic E-state index is 0.0360. The lowest BCUT2D eigenvalue weighted by molar-refractivity contribution is -0.136. The Kier molecular flexibility index (Phi) is 3.31. The van der Waals surface area contributed by atoms with Crippen LogP contribution in [0, 0.1) is 0 Å². The predicted octanol–water partition coefficient (Wildman–Crippen LogP) is 1.74. The van der Waals surface area contributed by atoms with Crippen LogP contribution in [0.5, 0.6) is 5.75 Å². The summed E-state index contributed by atoms with van der Waals surface area (Å²) in [6.07, 6.45) is 0.140. The number of hydrogen-bond donors (Lipinski definition) is 1. The monoisotopic (exact) mass is 242 g/mol. The average molecular weight is 243 g/mol. The number of carbonyl (C=O) groups is 1. The number of carboxylic acids is 1. The third-order valence-corrected chi connectivity index (χ3v) is 2.47. The van der Waals surface area contributed by atoms with Gasteiger partial charge in [0, 0.05) is 0 Å². The number of halogens is 1. The van der Waals surface area contributed by atoms with Gasteiger partial charge < -0.3 is 14.6 Å². The minimum Gasteiger partial charge on any atom is -0.489 e. The maximum absolute atomic E-state index is 10.5. The fraction of sp³-hybridized carbons (Fsp3) is 0.364. The maximum atomic E-state index is 10.5. The molecule has 0 aromatic heterocycles. The van der Waals surface area contributed by atoms with E-state index in [1.165, 1.54) is 0 Å². The summed E-state index contributed by atoms with van der Waals surface area (Å²) in [4.78, 5) is 10.5. The number of ether oxygens (including phenoxy) is 2. The second kappa shape index (κ2) is 4.72. The van der Waals surface area contributed by atoms with Gasteiger partial charge in [0.2, 0.25) is 0 Å². The molecule has 4 nitrogen and oxygen atoms in total. The van der Waals surface area contributed by atoms with Gasteiger partial charge in [0.25, 0.3) is 0 Å². The largest absolute Gasteiger partial charge is 0.489 e. The lowest BCUT2D eigenvalue weighted by atomic mass is 10.1. The summed E-state index contributed by atoms with van der Waals surface area (Å²) in [7, 11) is 0. The highest BCUT2D eigenvalue weighted by Crippen LogP contribution is 2.26. The van der Waals surface area contributed by atoms with E-state index in [4.69, 9.17) is 26.2 Å². The van der Waals surface area contributed by atoms with Gasteiger partial charge in [0.15, 0.2) is 0 Å². The molecule has 0 bridgehead atoms. The molecule has 86 valence electrons. The van der Waals surface area contributed by atoms with Crippen molar-refractivity contribution < 1.29 is 19.4 Å². The highest BCUT2D eigenvalue weighted by Gasteiger charge is 2.23. The fourth-order valence-electron chi connectivity index (χ4n) is 1.29. The molecule has 0 amide bonds. The Hall–Kier alpha value is -1.26. The fourth-order valence-corrected chi connectivity index (χ4v) is 1.55. The highest BCUT2D eigenvalue weighted by molar-refractivity contribution is 6.32. The van der Waals surface area contributed by atoms with Gasteiger partial charge in [-0.15, -0.1) is 0 Å². The third-order valence-electron chi connectivity index (χ3n) is 2.18. The molecule has 5 heteroatoms. The first-order chi connectivity index (χ1) is 7.65. The van der Waals surface area contributed by atoms with Crippen LogP contribution in [-0.4, -0.2) is 30.4 Å². The van der Waals surface area contributed by atoms with E-state index >= 15 is 0 Å². The van der Waals surface area contributed by atoms with Crippen LogP contribution in [0.1, 0.15) is 5.56 Å². The lowest BCUT2D eigenvalue weighted by Gasteiger charge is -2.07. The van der Waals surface area contributed by atoms with Crippen molar-refractivity contribution in [2.24, 2.45) is 0 Å². The second-order valence-electron chi connectivity index (χ2n) is 3.60. The number of epoxide rings is 1. The smallest absolute Gasteiger partial charge is 0.307 e. The molecule has 1 atom stereocenters. The van der Waals surface area contributed by atoms with E-state index in [1.807, 2.05) is 0 Å². The van der Waals surface area contributed by atoms with Crippen molar-refractivity contribution in [3.8, 4) is 5.75 Å². The first-order valence-electron chi connectivity index (χ1n) is 4.90. The summed E-state index contributed by atoms with van der Waals surface area (Å²) in [6, 6.07) is 4.99. The summed E-state index contributed by atoms with van der Waals surface area (Å²) < 4.78 is 10.4. The number of aliphatic carboxylic acids is 1. The molecule has 1 saturated heterocycles. The van der Waals surface area contributed by atoms with Crippen molar-refractivity contribution in [3.63, 3.8) is 0 Å². The van der Waals surface area contributed by atoms with Gasteiger partial charge in [-0.3, -0.25) is 4.79 Å². The molecule has 1 aromatic carbocycles. The predicted molar refractivity (Wildman–Crippen MR) is 58.0 cm³/mol. The first kappa shape index (κ1) is 11.2. The Morgan fingerprint density at radius 3 is 2.94 bits per heavy atom. The Balaban J connectivity index is 2.00. The molecule has 1 fully saturated rings. The summed E-state index contributed by atoms with van der Waals surface area (Å²) in [6.45, 7) is 1.21. The maximum Gasteiger partial charge on any atom is 0.307 e. The van der Waals surface area contributed by atoms with Gasteiger partial charge >= 0.3 is 5.97 Å². The lowest BCUT2D eigenvalue weighted by Crippen LogP contribution is -2.05. The van der Waals surface area contributed by atoms with Crippen molar-refractivity contribution in [2.75, 3.05) is 13.2 Å². The Morgan fingerprint density at radius 1 is 1.62 bits per heavy atom. The quantitative estimate of drug-likeness (QED) is 0.799. The SMILES string of the molecule is O=C(O)Cc1ccc(OCC2CO2)c(Cl)c1. The number of carboxylic acid groups (broad SMARTS) is 1. The third kappa shape index (κ3) is 3.12. The van der Waals surface area contributed by atoms with E-state index < -0.39 is 5.97 Å². The molecule has 1 heterocycles. The zero-order valence-corrected chi connectivity index (χ0v) is 9.24. The van der Waals surface area contributed by atoms with Crippen molar-refractivity contribution in [1.82, 2.24) is 0 Å². The van der Waals surface area contributed by atoms with Gasteiger partial charge in [-0.25, -0.2) is 0 Å². The number of hydrogen-bond acceptors (Lipinski definition) is 3. The van der Waals surface area contributed by atoms with Gasteiger partial charge in [-0.05, 0) is 17.7 Å². The normalized spacial score (nSPS) is 18.2. The topological polar surface area (TPSA) is 59.1 Å². The summed E-state index contributed by atoms with van der Waals surface area (Å²) in [5.74, 6) is -0.317. The van der Waals surface area contributed by atoms with Crippen molar-refractivity contribution in [1.29, 1.82) is 0 Å². The van der Waals surface area contributed by atoms with Gasteiger partial charge in [0.1, 0.15) is 18.5 Å². The van der Waals surface area contributed by atoms with Crippen LogP contribution >= 0.6 is 11.6 Å². The van der Waals surface area contributed by atoms with Crippen LogP contribution in [0.15, 0.2) is 18.2 Å². The molecule has 0 saturated carbocycles. The van der Waals surface area contributed by atoms with Crippen LogP contribution < -0.4 is 4.74 Å². The van der Waals surface area contributed by atoms with E-state index in [-0.39, 0.29) is 12.5 Å². The van der Waals surface area contributed by atoms with Crippen LogP contribution in [-0.2, 0) is 16.0 Å². The highest BCUT2D eigenvalue weighted by atomic mass is 35.5. The second-order valence-corrected chi connectivity index (χ2v) is 4.01. The zero-order valence-electron chi connectivity index (χ0n) is 8.48. The Bertz CT molecular complexity index is 401. The average Bonchev–Trinajstić information content (AvgIpc) is 2.99. The molecule has 1 N–H and O–H groups in total. The minimum atomic E-state index is -0.879. The number of benzene rings is 1. The molecule has 1 aromatic rings. The van der Waals surface area contributed by atoms with Crippen molar-refractivity contribution in [3.05, 3.63) is 28.8 Å². The molecular weight excluding hydrogens is 232 g/mol. The van der Waals surface area contributed by atoms with Crippen LogP contribution in [0.4, 0.5) is 0 Å². The molecule has 1 aliphatic heterocycles. The molecule has 1 unspecified atom stereocenters. The molecule has 1 aliphatic rings. The first-order valence-corrected chi connectivity index (χ1v) is 5.27. The Labute approximate surface area is 97.7 Å². The van der Waals surface area contributed by atoms with E-state index in [1.54, 1.807) is 18.2 Å². The van der Waals surface area contributed by atoms with Crippen LogP contribution in [0.25, 0.3) is 0 Å². The van der Waals surface area contributed by atoms with Crippen LogP contribution in [0.2, 0.25) is 5.02 Å². The van der Waals surface area contributed by atoms with E-state index in [0.717, 1.165) is 6.61 Å². The summed E-state index contributed by atoms with van der Waals surface area (Å²) >= 11 is 5.96. The zero-order chi connectivity index (χ0) is 11.5. The molecule has 0 aliphatic carbocycles. The van der Waals surface area contributed by atoms with E-state index in [2.05, 4.69) is 0 Å². The van der Waals surface area contributed by atoms with Crippen LogP contribution in [0.3, 0.4) is 0 Å². The van der Waals surface area contributed by atoms with Gasteiger partial charge in [-0.1, -0.05) is 17.7 Å². The van der Waals surface area contributed by atoms with Crippen molar-refractivity contribution in [2.45, 2.75) is 12.5 Å². The van der Waals surface area contributed by atoms with E-state index in [9.17, 15) is 4.79 Å². The molecular formula is C11H11ClO4. The molecule has 16 heavy (non-hydrogen) atoms. The number of rotatable bonds is 5. The van der Waals surface area contributed by atoms with Crippen molar-refractivity contribution >= 4 is 17.6 Å². The Morgan fingerprint density at radius 2 is 2.38 bits per heavy atom. The standard InChI is InChI=1S/C11H11ClO4/c12-9-3-7(4-11(13)14)1-2-10(9)16-6-8-5-15-8/h1-3,8H,4-6H2,(H,13,14). The molecule has 2 rings (SSSR count). The van der Waals surface area contributed by atoms with Gasteiger partial charge in [-0.2, -0.15) is 0 Å². The summed E-state index contributed by atoms with van der Waals surface area (Å²) in [5, 5.41) is 9.05.